The highest BCUT2D eigenvalue weighted by Crippen LogP contribution is 2.54. The fourth-order valence-electron chi connectivity index (χ4n) is 15.8. The number of ether oxygens (including phenoxy) is 2. The Morgan fingerprint density at radius 1 is 0.235 bits per heavy atom. The van der Waals surface area contributed by atoms with E-state index < -0.39 is 0 Å². The summed E-state index contributed by atoms with van der Waals surface area (Å²) in [5.74, 6) is 3.19. The number of anilines is 12. The molecule has 0 spiro atoms. The molecule has 15 aromatic carbocycles. The van der Waals surface area contributed by atoms with Crippen LogP contribution in [0.5, 0.6) is 23.0 Å². The molecular weight excluding hydrogens is 1190 g/mol. The summed E-state index contributed by atoms with van der Waals surface area (Å²) in [6.45, 7) is -0.512. The van der Waals surface area contributed by atoms with Gasteiger partial charge in [-0.05, 0) is 128 Å². The molecule has 0 radical (unpaired) electrons. The van der Waals surface area contributed by atoms with Crippen LogP contribution >= 0.6 is 0 Å². The molecule has 15 aromatic rings. The van der Waals surface area contributed by atoms with Crippen molar-refractivity contribution in [3.05, 3.63) is 364 Å². The van der Waals surface area contributed by atoms with E-state index in [4.69, 9.17) is 9.47 Å². The van der Waals surface area contributed by atoms with E-state index in [2.05, 4.69) is 384 Å². The molecule has 0 saturated carbocycles. The summed E-state index contributed by atoms with van der Waals surface area (Å²) in [6.07, 6.45) is 0. The quantitative estimate of drug-likeness (QED) is 0.113. The van der Waals surface area contributed by atoms with Crippen LogP contribution in [0.3, 0.4) is 0 Å². The summed E-state index contributed by atoms with van der Waals surface area (Å²) >= 11 is 0. The lowest BCUT2D eigenvalue weighted by molar-refractivity contribution is 0.487. The molecule has 0 amide bonds. The summed E-state index contributed by atoms with van der Waals surface area (Å²) < 4.78 is 15.5. The van der Waals surface area contributed by atoms with Crippen molar-refractivity contribution in [1.82, 2.24) is 0 Å². The molecule has 4 aliphatic heterocycles. The molecular formula is C90H60B2N4O2. The van der Waals surface area contributed by atoms with Crippen LogP contribution in [0.4, 0.5) is 68.2 Å². The molecule has 0 aliphatic carbocycles. The Kier molecular flexibility index (Phi) is 13.7. The van der Waals surface area contributed by atoms with Gasteiger partial charge in [-0.1, -0.05) is 273 Å². The third-order valence-electron chi connectivity index (χ3n) is 19.9. The normalized spacial score (nSPS) is 12.6. The third-order valence-corrected chi connectivity index (χ3v) is 19.9. The van der Waals surface area contributed by atoms with E-state index in [1.54, 1.807) is 0 Å². The second-order valence-electron chi connectivity index (χ2n) is 25.4. The highest BCUT2D eigenvalue weighted by Gasteiger charge is 2.48. The fraction of sp³-hybridized carbons (Fsp3) is 0. The Bertz CT molecular complexity index is 5490. The van der Waals surface area contributed by atoms with Crippen LogP contribution < -0.4 is 61.9 Å². The van der Waals surface area contributed by atoms with Gasteiger partial charge in [0.05, 0.1) is 28.4 Å². The van der Waals surface area contributed by atoms with Crippen LogP contribution in [0.2, 0.25) is 0 Å². The molecule has 0 aromatic heterocycles. The largest absolute Gasteiger partial charge is 0.458 e. The molecule has 0 N–H and O–H groups in total. The van der Waals surface area contributed by atoms with Crippen molar-refractivity contribution >= 4 is 114 Å². The van der Waals surface area contributed by atoms with Gasteiger partial charge in [-0.15, -0.1) is 0 Å². The molecule has 4 aliphatic rings. The Morgan fingerprint density at radius 2 is 0.633 bits per heavy atom. The minimum absolute atomic E-state index is 0.242. The fourth-order valence-corrected chi connectivity index (χ4v) is 15.8. The molecule has 98 heavy (non-hydrogen) atoms. The lowest BCUT2D eigenvalue weighted by Gasteiger charge is -2.44. The smallest absolute Gasteiger partial charge is 0.256 e. The van der Waals surface area contributed by atoms with Gasteiger partial charge in [-0.25, -0.2) is 0 Å². The van der Waals surface area contributed by atoms with Crippen molar-refractivity contribution in [3.8, 4) is 67.5 Å². The standard InChI is InChI=1S/C90H60B2N4O2/c1-8-31-61(32-9-1)70-45-22-26-51-78(70)93(65-39-16-5-17-40-65)68-55-82-88-87(58-68)98-85-60-81-76(59-77(85)91(88)74-49-24-28-53-80(74)95(82)67-43-20-7-21-44-67)92-75-50-25-29-54-84(75)97-86-57-69(94(66-41-18-6-19-42-66)79-52-27-23-46-71(79)62-33-10-2-11-34-62)56-83(89(86)92)96(81)90-72(63-35-12-3-13-36-63)47-30-48-73(90)64-37-14-4-15-38-64/h1-60H. The van der Waals surface area contributed by atoms with Gasteiger partial charge >= 0.3 is 0 Å². The predicted molar refractivity (Wildman–Crippen MR) is 409 cm³/mol. The zero-order valence-corrected chi connectivity index (χ0v) is 53.4. The summed E-state index contributed by atoms with van der Waals surface area (Å²) in [4.78, 5) is 9.83. The average molecular weight is 1250 g/mol. The van der Waals surface area contributed by atoms with Crippen LogP contribution in [0.1, 0.15) is 0 Å². The van der Waals surface area contributed by atoms with Crippen molar-refractivity contribution in [1.29, 1.82) is 0 Å². The highest BCUT2D eigenvalue weighted by molar-refractivity contribution is 7.02. The molecule has 0 bridgehead atoms. The number of hydrogen-bond acceptors (Lipinski definition) is 6. The summed E-state index contributed by atoms with van der Waals surface area (Å²) in [7, 11) is 0. The molecule has 4 heterocycles. The number of rotatable bonds is 12. The number of fused-ring (bicyclic) bond motifs is 8. The van der Waals surface area contributed by atoms with Crippen molar-refractivity contribution in [3.63, 3.8) is 0 Å². The Labute approximate surface area is 571 Å². The first-order valence-electron chi connectivity index (χ1n) is 33.6. The maximum atomic E-state index is 7.96. The summed E-state index contributed by atoms with van der Waals surface area (Å²) in [5, 5.41) is 0. The molecule has 458 valence electrons. The second kappa shape index (κ2) is 23.6. The van der Waals surface area contributed by atoms with E-state index >= 15 is 0 Å². The third kappa shape index (κ3) is 9.36. The monoisotopic (exact) mass is 1250 g/mol. The molecule has 8 heteroatoms. The first-order chi connectivity index (χ1) is 48.7. The topological polar surface area (TPSA) is 31.4 Å². The summed E-state index contributed by atoms with van der Waals surface area (Å²) in [6, 6.07) is 132. The van der Waals surface area contributed by atoms with Crippen molar-refractivity contribution < 1.29 is 9.47 Å². The van der Waals surface area contributed by atoms with E-state index in [0.29, 0.717) is 0 Å². The Hall–Kier alpha value is -12.8. The Morgan fingerprint density at radius 3 is 1.16 bits per heavy atom. The van der Waals surface area contributed by atoms with Gasteiger partial charge in [0.2, 0.25) is 0 Å². The van der Waals surface area contributed by atoms with Crippen LogP contribution in [0.15, 0.2) is 364 Å². The molecule has 0 unspecified atom stereocenters. The molecule has 0 fully saturated rings. The number of hydrogen-bond donors (Lipinski definition) is 0. The SMILES string of the molecule is c1ccc(-c2ccccc2N(c2ccccc2)c2cc3c4c(c2)N(c2ccccc2)c2ccccc2B4c2cc4c(cc2O3)N(c2c(-c3ccccc3)cccc2-c2ccccc2)c2cc(N(c3ccccc3)c3ccccc3-c3ccccc3)cc3c2B4c2ccccc2O3)cc1. The number of benzene rings is 15. The first-order valence-corrected chi connectivity index (χ1v) is 33.6. The van der Waals surface area contributed by atoms with Gasteiger partial charge in [-0.3, -0.25) is 0 Å². The maximum Gasteiger partial charge on any atom is 0.256 e. The minimum atomic E-state index is -0.270. The zero-order chi connectivity index (χ0) is 64.6. The van der Waals surface area contributed by atoms with Gasteiger partial charge in [0.1, 0.15) is 23.0 Å². The second-order valence-corrected chi connectivity index (χ2v) is 25.4. The van der Waals surface area contributed by atoms with Crippen LogP contribution in [0.25, 0.3) is 44.5 Å². The predicted octanol–water partition coefficient (Wildman–Crippen LogP) is 20.1. The van der Waals surface area contributed by atoms with Crippen molar-refractivity contribution in [2.24, 2.45) is 0 Å². The van der Waals surface area contributed by atoms with Crippen molar-refractivity contribution in [2.75, 3.05) is 19.6 Å². The minimum Gasteiger partial charge on any atom is -0.458 e. The van der Waals surface area contributed by atoms with E-state index in [1.807, 2.05) is 0 Å². The molecule has 6 nitrogen and oxygen atoms in total. The first kappa shape index (κ1) is 56.7. The van der Waals surface area contributed by atoms with E-state index in [-0.39, 0.29) is 13.4 Å². The van der Waals surface area contributed by atoms with Gasteiger partial charge in [0.25, 0.3) is 13.4 Å². The van der Waals surface area contributed by atoms with Gasteiger partial charge in [0, 0.05) is 80.3 Å². The summed E-state index contributed by atoms with van der Waals surface area (Å²) in [5.41, 5.74) is 27.9. The van der Waals surface area contributed by atoms with Crippen LogP contribution in [-0.2, 0) is 0 Å². The highest BCUT2D eigenvalue weighted by atomic mass is 16.5. The van der Waals surface area contributed by atoms with Crippen LogP contribution in [0, 0.1) is 0 Å². The maximum absolute atomic E-state index is 7.96. The van der Waals surface area contributed by atoms with Crippen molar-refractivity contribution in [2.45, 2.75) is 0 Å². The molecule has 19 rings (SSSR count). The van der Waals surface area contributed by atoms with Gasteiger partial charge in [-0.2, -0.15) is 0 Å². The number of para-hydroxylation sites is 8. The lowest BCUT2D eigenvalue weighted by Crippen LogP contribution is -2.63. The number of nitrogens with zero attached hydrogens (tertiary/aromatic N) is 4. The van der Waals surface area contributed by atoms with E-state index in [0.717, 1.165) is 163 Å². The average Bonchev–Trinajstić information content (AvgIpc) is 0.693. The molecule has 0 atom stereocenters. The Balaban J connectivity index is 0.911. The van der Waals surface area contributed by atoms with E-state index in [1.165, 1.54) is 5.46 Å². The van der Waals surface area contributed by atoms with Gasteiger partial charge in [0.15, 0.2) is 0 Å². The van der Waals surface area contributed by atoms with Gasteiger partial charge < -0.3 is 29.1 Å². The zero-order valence-electron chi connectivity index (χ0n) is 53.4. The lowest BCUT2D eigenvalue weighted by atomic mass is 9.31. The molecule has 0 saturated heterocycles. The van der Waals surface area contributed by atoms with Crippen LogP contribution in [-0.4, -0.2) is 13.4 Å². The van der Waals surface area contributed by atoms with E-state index in [9.17, 15) is 0 Å².